The molecule has 110 valence electrons. The summed E-state index contributed by atoms with van der Waals surface area (Å²) in [6.45, 7) is 0.349. The number of carboxylic acid groups (broad SMARTS) is 1. The fourth-order valence-corrected chi connectivity index (χ4v) is 2.10. The molecular formula is C12H12N4O4S. The highest BCUT2D eigenvalue weighted by Gasteiger charge is 2.05. The molecule has 8 nitrogen and oxygen atoms in total. The second kappa shape index (κ2) is 6.75. The second-order valence-corrected chi connectivity index (χ2v) is 4.92. The molecule has 0 radical (unpaired) electrons. The maximum absolute atomic E-state index is 11.2. The summed E-state index contributed by atoms with van der Waals surface area (Å²) < 4.78 is 6.36. The maximum Gasteiger partial charge on any atom is 0.335 e. The van der Waals surface area contributed by atoms with Crippen LogP contribution in [0.2, 0.25) is 0 Å². The molecular weight excluding hydrogens is 296 g/mol. The molecule has 1 aromatic heterocycles. The topological polar surface area (TPSA) is 120 Å². The zero-order valence-corrected chi connectivity index (χ0v) is 11.6. The molecule has 0 saturated carbocycles. The van der Waals surface area contributed by atoms with Crippen molar-refractivity contribution in [2.45, 2.75) is 5.16 Å². The second-order valence-electron chi connectivity index (χ2n) is 3.86. The molecule has 1 aromatic carbocycles. The minimum Gasteiger partial charge on any atom is -0.493 e. The zero-order valence-electron chi connectivity index (χ0n) is 10.8. The molecule has 2 rings (SSSR count). The molecule has 1 heterocycles. The van der Waals surface area contributed by atoms with E-state index < -0.39 is 11.5 Å². The Labute approximate surface area is 123 Å². The summed E-state index contributed by atoms with van der Waals surface area (Å²) in [4.78, 5) is 21.9. The van der Waals surface area contributed by atoms with E-state index in [1.165, 1.54) is 23.9 Å². The Morgan fingerprint density at radius 2 is 2.10 bits per heavy atom. The summed E-state index contributed by atoms with van der Waals surface area (Å²) in [5.41, 5.74) is -0.235. The lowest BCUT2D eigenvalue weighted by Gasteiger charge is -2.07. The van der Waals surface area contributed by atoms with Crippen LogP contribution in [0.25, 0.3) is 0 Å². The number of nitrogen functional groups attached to an aromatic ring is 1. The molecule has 0 amide bonds. The van der Waals surface area contributed by atoms with Crippen molar-refractivity contribution in [3.8, 4) is 5.75 Å². The number of aromatic nitrogens is 3. The molecule has 0 aliphatic heterocycles. The number of hydrogen-bond donors (Lipinski definition) is 2. The number of nitrogens with zero attached hydrogens (tertiary/aromatic N) is 3. The van der Waals surface area contributed by atoms with Gasteiger partial charge in [-0.15, -0.1) is 5.10 Å². The zero-order chi connectivity index (χ0) is 15.2. The number of thioether (sulfide) groups is 1. The number of nitrogens with two attached hydrogens (primary N) is 1. The van der Waals surface area contributed by atoms with Gasteiger partial charge in [-0.25, -0.2) is 4.79 Å². The largest absolute Gasteiger partial charge is 0.493 e. The van der Waals surface area contributed by atoms with E-state index in [4.69, 9.17) is 15.7 Å². The van der Waals surface area contributed by atoms with Crippen LogP contribution < -0.4 is 16.1 Å². The molecule has 0 aliphatic rings. The highest BCUT2D eigenvalue weighted by atomic mass is 32.2. The van der Waals surface area contributed by atoms with Crippen LogP contribution in [0.4, 0.5) is 0 Å². The first kappa shape index (κ1) is 14.9. The van der Waals surface area contributed by atoms with E-state index in [-0.39, 0.29) is 5.56 Å². The first-order chi connectivity index (χ1) is 10.1. The van der Waals surface area contributed by atoms with Gasteiger partial charge in [0.15, 0.2) is 0 Å². The van der Waals surface area contributed by atoms with E-state index in [0.29, 0.717) is 23.3 Å². The highest BCUT2D eigenvalue weighted by molar-refractivity contribution is 7.99. The van der Waals surface area contributed by atoms with Gasteiger partial charge in [-0.2, -0.15) is 9.77 Å². The predicted octanol–water partition coefficient (Wildman–Crippen LogP) is 0.221. The summed E-state index contributed by atoms with van der Waals surface area (Å²) >= 11 is 1.23. The van der Waals surface area contributed by atoms with Gasteiger partial charge in [-0.3, -0.25) is 4.79 Å². The number of benzene rings is 1. The molecule has 21 heavy (non-hydrogen) atoms. The van der Waals surface area contributed by atoms with E-state index >= 15 is 0 Å². The van der Waals surface area contributed by atoms with E-state index in [9.17, 15) is 9.59 Å². The van der Waals surface area contributed by atoms with Crippen LogP contribution in [0.3, 0.4) is 0 Å². The van der Waals surface area contributed by atoms with Crippen LogP contribution in [0.1, 0.15) is 10.4 Å². The van der Waals surface area contributed by atoms with Gasteiger partial charge in [0.25, 0.3) is 5.56 Å². The van der Waals surface area contributed by atoms with Crippen LogP contribution >= 0.6 is 11.8 Å². The van der Waals surface area contributed by atoms with Crippen LogP contribution in [-0.4, -0.2) is 38.3 Å². The lowest BCUT2D eigenvalue weighted by atomic mass is 10.2. The number of carbonyl (C=O) groups is 1. The number of carboxylic acids is 1. The van der Waals surface area contributed by atoms with Gasteiger partial charge in [-0.1, -0.05) is 11.8 Å². The molecule has 0 fully saturated rings. The monoisotopic (exact) mass is 308 g/mol. The minimum atomic E-state index is -0.985. The van der Waals surface area contributed by atoms with Crippen molar-refractivity contribution < 1.29 is 14.6 Å². The first-order valence-electron chi connectivity index (χ1n) is 5.86. The molecule has 0 saturated heterocycles. The highest BCUT2D eigenvalue weighted by Crippen LogP contribution is 2.14. The van der Waals surface area contributed by atoms with Gasteiger partial charge in [0.1, 0.15) is 11.9 Å². The standard InChI is InChI=1S/C12H12N4O4S/c13-16-10(17)7-14-15-12(16)21-6-5-20-9-3-1-8(2-4-9)11(18)19/h1-4,7H,5-6,13H2,(H,18,19). The average molecular weight is 308 g/mol. The number of rotatable bonds is 6. The molecule has 9 heteroatoms. The van der Waals surface area contributed by atoms with Gasteiger partial charge >= 0.3 is 5.97 Å². The van der Waals surface area contributed by atoms with E-state index in [1.54, 1.807) is 12.1 Å². The third kappa shape index (κ3) is 3.96. The van der Waals surface area contributed by atoms with Crippen molar-refractivity contribution in [1.29, 1.82) is 0 Å². The lowest BCUT2D eigenvalue weighted by molar-refractivity contribution is 0.0697. The van der Waals surface area contributed by atoms with Crippen molar-refractivity contribution in [2.75, 3.05) is 18.2 Å². The summed E-state index contributed by atoms with van der Waals surface area (Å²) in [5, 5.41) is 16.3. The molecule has 0 aliphatic carbocycles. The Morgan fingerprint density at radius 3 is 2.76 bits per heavy atom. The van der Waals surface area contributed by atoms with Crippen molar-refractivity contribution in [3.63, 3.8) is 0 Å². The normalized spacial score (nSPS) is 10.3. The Hall–Kier alpha value is -2.55. The number of aromatic carboxylic acids is 1. The van der Waals surface area contributed by atoms with E-state index in [1.807, 2.05) is 0 Å². The lowest BCUT2D eigenvalue weighted by Crippen LogP contribution is -2.29. The smallest absolute Gasteiger partial charge is 0.335 e. The van der Waals surface area contributed by atoms with Gasteiger partial charge in [-0.05, 0) is 24.3 Å². The van der Waals surface area contributed by atoms with Crippen LogP contribution in [0, 0.1) is 0 Å². The Bertz CT molecular complexity index is 686. The number of hydrogen-bond acceptors (Lipinski definition) is 7. The van der Waals surface area contributed by atoms with Crippen LogP contribution in [-0.2, 0) is 0 Å². The molecule has 3 N–H and O–H groups in total. The summed E-state index contributed by atoms with van der Waals surface area (Å²) in [6.07, 6.45) is 1.03. The SMILES string of the molecule is Nn1c(SCCOc2ccc(C(=O)O)cc2)nncc1=O. The quantitative estimate of drug-likeness (QED) is 0.442. The van der Waals surface area contributed by atoms with Crippen molar-refractivity contribution in [3.05, 3.63) is 46.4 Å². The van der Waals surface area contributed by atoms with E-state index in [2.05, 4.69) is 10.2 Å². The van der Waals surface area contributed by atoms with Crippen molar-refractivity contribution >= 4 is 17.7 Å². The Morgan fingerprint density at radius 1 is 1.38 bits per heavy atom. The average Bonchev–Trinajstić information content (AvgIpc) is 2.48. The van der Waals surface area contributed by atoms with Gasteiger partial charge in [0.2, 0.25) is 5.16 Å². The molecule has 0 atom stereocenters. The van der Waals surface area contributed by atoms with Crippen molar-refractivity contribution in [2.24, 2.45) is 0 Å². The summed E-state index contributed by atoms with van der Waals surface area (Å²) in [7, 11) is 0. The fraction of sp³-hybridized carbons (Fsp3) is 0.167. The first-order valence-corrected chi connectivity index (χ1v) is 6.85. The minimum absolute atomic E-state index is 0.198. The van der Waals surface area contributed by atoms with Crippen molar-refractivity contribution in [1.82, 2.24) is 14.9 Å². The van der Waals surface area contributed by atoms with Crippen LogP contribution in [0.15, 0.2) is 40.4 Å². The third-order valence-electron chi connectivity index (χ3n) is 2.44. The Balaban J connectivity index is 1.83. The van der Waals surface area contributed by atoms with Gasteiger partial charge in [0, 0.05) is 5.75 Å². The Kier molecular flexibility index (Phi) is 4.77. The molecule has 2 aromatic rings. The molecule has 0 spiro atoms. The summed E-state index contributed by atoms with van der Waals surface area (Å²) in [6, 6.07) is 6.08. The van der Waals surface area contributed by atoms with Crippen LogP contribution in [0.5, 0.6) is 5.75 Å². The van der Waals surface area contributed by atoms with E-state index in [0.717, 1.165) is 10.9 Å². The number of ether oxygens (including phenoxy) is 1. The fourth-order valence-electron chi connectivity index (χ4n) is 1.42. The maximum atomic E-state index is 11.2. The summed E-state index contributed by atoms with van der Waals surface area (Å²) in [5.74, 6) is 5.59. The third-order valence-corrected chi connectivity index (χ3v) is 3.35. The van der Waals surface area contributed by atoms with Gasteiger partial charge in [0.05, 0.1) is 12.2 Å². The molecule has 0 bridgehead atoms. The van der Waals surface area contributed by atoms with Gasteiger partial charge < -0.3 is 15.7 Å². The predicted molar refractivity (Wildman–Crippen MR) is 76.1 cm³/mol. The molecule has 0 unspecified atom stereocenters.